The minimum atomic E-state index is -0.448. The van der Waals surface area contributed by atoms with E-state index < -0.39 is 5.91 Å². The number of anilines is 1. The fraction of sp³-hybridized carbons (Fsp3) is 0.211. The van der Waals surface area contributed by atoms with Crippen LogP contribution in [0.3, 0.4) is 0 Å². The van der Waals surface area contributed by atoms with E-state index >= 15 is 0 Å². The molecular weight excluding hydrogens is 364 g/mol. The number of ether oxygens (including phenoxy) is 3. The molecule has 0 bridgehead atoms. The Kier molecular flexibility index (Phi) is 4.81. The normalized spacial score (nSPS) is 12.2. The van der Waals surface area contributed by atoms with E-state index in [9.17, 15) is 9.59 Å². The largest absolute Gasteiger partial charge is 0.454 e. The van der Waals surface area contributed by atoms with Crippen molar-refractivity contribution in [3.63, 3.8) is 0 Å². The molecule has 2 N–H and O–H groups in total. The summed E-state index contributed by atoms with van der Waals surface area (Å²) in [6.07, 6.45) is 1.68. The summed E-state index contributed by atoms with van der Waals surface area (Å²) in [5, 5.41) is 5.50. The van der Waals surface area contributed by atoms with Crippen molar-refractivity contribution in [3.05, 3.63) is 54.1 Å². The van der Waals surface area contributed by atoms with Crippen LogP contribution in [0.2, 0.25) is 0 Å². The molecule has 1 aliphatic heterocycles. The van der Waals surface area contributed by atoms with Gasteiger partial charge in [-0.2, -0.15) is 0 Å². The van der Waals surface area contributed by atoms with Crippen LogP contribution in [0.15, 0.2) is 42.6 Å². The molecular formula is C19H18N4O5. The number of aromatic nitrogens is 2. The van der Waals surface area contributed by atoms with Crippen LogP contribution in [-0.2, 0) is 4.74 Å². The van der Waals surface area contributed by atoms with Crippen molar-refractivity contribution in [2.45, 2.75) is 0 Å². The third kappa shape index (κ3) is 3.35. The number of hydrogen-bond donors (Lipinski definition) is 2. The average molecular weight is 382 g/mol. The molecule has 1 aromatic carbocycles. The summed E-state index contributed by atoms with van der Waals surface area (Å²) in [7, 11) is 1.55. The van der Waals surface area contributed by atoms with E-state index in [0.29, 0.717) is 35.9 Å². The molecule has 2 aromatic heterocycles. The molecule has 9 nitrogen and oxygen atoms in total. The van der Waals surface area contributed by atoms with Crippen molar-refractivity contribution in [2.75, 3.05) is 32.4 Å². The number of fused-ring (bicyclic) bond motifs is 2. The van der Waals surface area contributed by atoms with Crippen LogP contribution in [0.1, 0.15) is 21.1 Å². The van der Waals surface area contributed by atoms with Crippen molar-refractivity contribution in [2.24, 2.45) is 0 Å². The van der Waals surface area contributed by atoms with Gasteiger partial charge in [-0.3, -0.25) is 14.0 Å². The fourth-order valence-corrected chi connectivity index (χ4v) is 2.88. The van der Waals surface area contributed by atoms with E-state index in [2.05, 4.69) is 15.6 Å². The smallest absolute Gasteiger partial charge is 0.292 e. The van der Waals surface area contributed by atoms with E-state index in [-0.39, 0.29) is 24.2 Å². The number of hydrogen-bond acceptors (Lipinski definition) is 6. The summed E-state index contributed by atoms with van der Waals surface area (Å²) in [4.78, 5) is 29.5. The summed E-state index contributed by atoms with van der Waals surface area (Å²) in [6.45, 7) is 0.883. The van der Waals surface area contributed by atoms with Crippen LogP contribution in [0.4, 0.5) is 5.69 Å². The van der Waals surface area contributed by atoms with Crippen molar-refractivity contribution >= 4 is 23.0 Å². The van der Waals surface area contributed by atoms with E-state index in [0.717, 1.165) is 0 Å². The first-order chi connectivity index (χ1) is 13.7. The molecule has 2 amide bonds. The Bertz CT molecular complexity index is 1050. The lowest BCUT2D eigenvalue weighted by atomic mass is 10.2. The molecule has 3 heterocycles. The van der Waals surface area contributed by atoms with Crippen molar-refractivity contribution in [1.82, 2.24) is 14.7 Å². The average Bonchev–Trinajstić information content (AvgIpc) is 3.32. The van der Waals surface area contributed by atoms with Crippen LogP contribution in [0.5, 0.6) is 11.5 Å². The lowest BCUT2D eigenvalue weighted by molar-refractivity contribution is 0.0934. The van der Waals surface area contributed by atoms with Gasteiger partial charge in [0.1, 0.15) is 0 Å². The predicted molar refractivity (Wildman–Crippen MR) is 99.9 cm³/mol. The van der Waals surface area contributed by atoms with Crippen LogP contribution in [-0.4, -0.2) is 48.3 Å². The number of methoxy groups -OCH3 is 1. The number of nitrogens with zero attached hydrogens (tertiary/aromatic N) is 2. The number of amides is 2. The maximum absolute atomic E-state index is 12.8. The van der Waals surface area contributed by atoms with Gasteiger partial charge < -0.3 is 24.8 Å². The zero-order valence-electron chi connectivity index (χ0n) is 15.1. The highest BCUT2D eigenvalue weighted by molar-refractivity contribution is 6.06. The van der Waals surface area contributed by atoms with Gasteiger partial charge in [-0.05, 0) is 24.3 Å². The first kappa shape index (κ1) is 17.8. The Labute approximate surface area is 160 Å². The molecule has 144 valence electrons. The first-order valence-electron chi connectivity index (χ1n) is 8.62. The Morgan fingerprint density at radius 2 is 2.04 bits per heavy atom. The van der Waals surface area contributed by atoms with Crippen LogP contribution in [0.25, 0.3) is 5.52 Å². The van der Waals surface area contributed by atoms with Gasteiger partial charge in [0, 0.05) is 31.6 Å². The van der Waals surface area contributed by atoms with Gasteiger partial charge in [0.15, 0.2) is 17.2 Å². The number of rotatable bonds is 6. The molecule has 0 saturated heterocycles. The molecule has 4 rings (SSSR count). The second-order valence-electron chi connectivity index (χ2n) is 6.01. The van der Waals surface area contributed by atoms with Gasteiger partial charge >= 0.3 is 0 Å². The number of pyridine rings is 1. The molecule has 28 heavy (non-hydrogen) atoms. The van der Waals surface area contributed by atoms with Gasteiger partial charge in [-0.15, -0.1) is 0 Å². The minimum Gasteiger partial charge on any atom is -0.454 e. The molecule has 3 aromatic rings. The number of nitrogens with one attached hydrogen (secondary N) is 2. The standard InChI is InChI=1S/C19H18N4O5/c1-26-9-7-20-18(24)16-13-4-2-3-8-23(13)17(22-16)19(25)21-12-5-6-14-15(10-12)28-11-27-14/h2-6,8,10H,7,9,11H2,1H3,(H,20,24)(H,21,25). The van der Waals surface area contributed by atoms with Gasteiger partial charge in [-0.1, -0.05) is 6.07 Å². The quantitative estimate of drug-likeness (QED) is 0.629. The maximum atomic E-state index is 12.8. The molecule has 0 aliphatic carbocycles. The lowest BCUT2D eigenvalue weighted by Gasteiger charge is -2.05. The predicted octanol–water partition coefficient (Wildman–Crippen LogP) is 1.69. The summed E-state index contributed by atoms with van der Waals surface area (Å²) in [5.74, 6) is 0.465. The maximum Gasteiger partial charge on any atom is 0.292 e. The summed E-state index contributed by atoms with van der Waals surface area (Å²) < 4.78 is 17.1. The first-order valence-corrected chi connectivity index (χ1v) is 8.62. The molecule has 0 radical (unpaired) electrons. The zero-order chi connectivity index (χ0) is 19.5. The van der Waals surface area contributed by atoms with E-state index in [4.69, 9.17) is 14.2 Å². The summed E-state index contributed by atoms with van der Waals surface area (Å²) in [5.41, 5.74) is 1.24. The highest BCUT2D eigenvalue weighted by Gasteiger charge is 2.22. The lowest BCUT2D eigenvalue weighted by Crippen LogP contribution is -2.27. The van der Waals surface area contributed by atoms with Gasteiger partial charge in [0.05, 0.1) is 12.1 Å². The van der Waals surface area contributed by atoms with Crippen LogP contribution < -0.4 is 20.1 Å². The van der Waals surface area contributed by atoms with Crippen molar-refractivity contribution in [1.29, 1.82) is 0 Å². The molecule has 9 heteroatoms. The van der Waals surface area contributed by atoms with Crippen LogP contribution in [0, 0.1) is 0 Å². The zero-order valence-corrected chi connectivity index (χ0v) is 15.1. The molecule has 1 aliphatic rings. The summed E-state index contributed by atoms with van der Waals surface area (Å²) >= 11 is 0. The molecule has 0 saturated carbocycles. The van der Waals surface area contributed by atoms with Gasteiger partial charge in [-0.25, -0.2) is 4.98 Å². The fourth-order valence-electron chi connectivity index (χ4n) is 2.88. The number of benzene rings is 1. The second-order valence-corrected chi connectivity index (χ2v) is 6.01. The van der Waals surface area contributed by atoms with E-state index in [1.807, 2.05) is 0 Å². The monoisotopic (exact) mass is 382 g/mol. The number of carbonyl (C=O) groups is 2. The van der Waals surface area contributed by atoms with Crippen molar-refractivity contribution < 1.29 is 23.8 Å². The van der Waals surface area contributed by atoms with E-state index in [1.54, 1.807) is 54.1 Å². The summed E-state index contributed by atoms with van der Waals surface area (Å²) in [6, 6.07) is 10.4. The third-order valence-corrected chi connectivity index (χ3v) is 4.19. The second kappa shape index (κ2) is 7.57. The minimum absolute atomic E-state index is 0.102. The molecule has 0 unspecified atom stereocenters. The Hall–Kier alpha value is -3.59. The van der Waals surface area contributed by atoms with Crippen molar-refractivity contribution in [3.8, 4) is 11.5 Å². The highest BCUT2D eigenvalue weighted by Crippen LogP contribution is 2.34. The Morgan fingerprint density at radius 1 is 1.18 bits per heavy atom. The Morgan fingerprint density at radius 3 is 2.89 bits per heavy atom. The molecule has 0 spiro atoms. The molecule has 0 fully saturated rings. The number of imidazole rings is 1. The van der Waals surface area contributed by atoms with Crippen LogP contribution >= 0.6 is 0 Å². The topological polar surface area (TPSA) is 103 Å². The molecule has 0 atom stereocenters. The number of carbonyl (C=O) groups excluding carboxylic acids is 2. The van der Waals surface area contributed by atoms with E-state index in [1.165, 1.54) is 0 Å². The highest BCUT2D eigenvalue weighted by atomic mass is 16.7. The van der Waals surface area contributed by atoms with Gasteiger partial charge in [0.2, 0.25) is 12.6 Å². The SMILES string of the molecule is COCCNC(=O)c1nc(C(=O)Nc2ccc3c(c2)OCO3)n2ccccc12. The third-order valence-electron chi connectivity index (χ3n) is 4.19. The van der Waals surface area contributed by atoms with Gasteiger partial charge in [0.25, 0.3) is 11.8 Å². The Balaban J connectivity index is 1.61.